The van der Waals surface area contributed by atoms with Crippen molar-refractivity contribution in [1.82, 2.24) is 5.32 Å². The van der Waals surface area contributed by atoms with Gasteiger partial charge in [-0.3, -0.25) is 14.5 Å². The molecule has 2 aliphatic heterocycles. The van der Waals surface area contributed by atoms with Crippen molar-refractivity contribution in [3.8, 4) is 6.07 Å². The van der Waals surface area contributed by atoms with Gasteiger partial charge in [0.05, 0.1) is 22.8 Å². The fourth-order valence-corrected chi connectivity index (χ4v) is 1.93. The standard InChI is InChI=1S/C13H7N3O2/c14-5-8-1-3-9(4-2-8)16-7-11-10(13(16)18)6-15-12(11)17/h1-4,6-7H,(H,15,17). The fourth-order valence-electron chi connectivity index (χ4n) is 1.93. The topological polar surface area (TPSA) is 73.2 Å². The van der Waals surface area contributed by atoms with Crippen LogP contribution in [0.2, 0.25) is 0 Å². The highest BCUT2D eigenvalue weighted by Gasteiger charge is 2.35. The Hall–Kier alpha value is -2.87. The van der Waals surface area contributed by atoms with Gasteiger partial charge in [0, 0.05) is 18.1 Å². The molecule has 18 heavy (non-hydrogen) atoms. The van der Waals surface area contributed by atoms with E-state index in [1.165, 1.54) is 17.3 Å². The van der Waals surface area contributed by atoms with Gasteiger partial charge in [0.2, 0.25) is 0 Å². The Balaban J connectivity index is 1.99. The molecule has 1 N–H and O–H groups in total. The number of amides is 2. The normalized spacial score (nSPS) is 16.9. The van der Waals surface area contributed by atoms with Crippen LogP contribution in [0.3, 0.4) is 0 Å². The molecule has 0 atom stereocenters. The predicted octanol–water partition coefficient (Wildman–Crippen LogP) is 0.802. The summed E-state index contributed by atoms with van der Waals surface area (Å²) in [4.78, 5) is 24.9. The third-order valence-electron chi connectivity index (χ3n) is 2.86. The number of carbonyl (C=O) groups excluding carboxylic acids is 2. The molecule has 5 nitrogen and oxygen atoms in total. The largest absolute Gasteiger partial charge is 0.328 e. The van der Waals surface area contributed by atoms with Crippen molar-refractivity contribution >= 4 is 17.5 Å². The molecule has 2 amide bonds. The highest BCUT2D eigenvalue weighted by atomic mass is 16.2. The highest BCUT2D eigenvalue weighted by Crippen LogP contribution is 2.30. The van der Waals surface area contributed by atoms with Gasteiger partial charge < -0.3 is 5.32 Å². The third-order valence-corrected chi connectivity index (χ3v) is 2.86. The van der Waals surface area contributed by atoms with Gasteiger partial charge in [0.25, 0.3) is 11.8 Å². The zero-order valence-electron chi connectivity index (χ0n) is 9.18. The van der Waals surface area contributed by atoms with Gasteiger partial charge >= 0.3 is 0 Å². The van der Waals surface area contributed by atoms with E-state index in [0.717, 1.165) is 0 Å². The number of anilines is 1. The molecule has 0 bridgehead atoms. The molecule has 0 fully saturated rings. The van der Waals surface area contributed by atoms with E-state index in [1.807, 2.05) is 6.07 Å². The van der Waals surface area contributed by atoms with Gasteiger partial charge in [-0.1, -0.05) is 0 Å². The van der Waals surface area contributed by atoms with Gasteiger partial charge in [-0.15, -0.1) is 0 Å². The number of rotatable bonds is 1. The summed E-state index contributed by atoms with van der Waals surface area (Å²) in [5.74, 6) is -0.512. The van der Waals surface area contributed by atoms with Crippen LogP contribution >= 0.6 is 0 Å². The summed E-state index contributed by atoms with van der Waals surface area (Å²) in [6.45, 7) is 0. The molecule has 2 aliphatic rings. The summed E-state index contributed by atoms with van der Waals surface area (Å²) in [5, 5.41) is 11.2. The Morgan fingerprint density at radius 3 is 2.44 bits per heavy atom. The molecular formula is C13H7N3O2. The van der Waals surface area contributed by atoms with Crippen LogP contribution in [0.15, 0.2) is 47.8 Å². The van der Waals surface area contributed by atoms with Crippen molar-refractivity contribution in [3.05, 3.63) is 53.4 Å². The summed E-state index contributed by atoms with van der Waals surface area (Å²) >= 11 is 0. The number of fused-ring (bicyclic) bond motifs is 1. The SMILES string of the molecule is N#Cc1ccc(N2C=C3C(=O)NC=C3C2=O)cc1. The number of hydrogen-bond donors (Lipinski definition) is 1. The molecule has 0 saturated carbocycles. The second-order valence-corrected chi connectivity index (χ2v) is 3.91. The van der Waals surface area contributed by atoms with Crippen LogP contribution in [-0.4, -0.2) is 11.8 Å². The Morgan fingerprint density at radius 2 is 1.83 bits per heavy atom. The van der Waals surface area contributed by atoms with Crippen LogP contribution in [0.4, 0.5) is 5.69 Å². The number of nitrogens with one attached hydrogen (secondary N) is 1. The van der Waals surface area contributed by atoms with Crippen molar-refractivity contribution < 1.29 is 9.59 Å². The van der Waals surface area contributed by atoms with Crippen LogP contribution in [0.1, 0.15) is 5.56 Å². The lowest BCUT2D eigenvalue weighted by Crippen LogP contribution is -2.21. The van der Waals surface area contributed by atoms with Crippen LogP contribution in [0.5, 0.6) is 0 Å². The molecule has 86 valence electrons. The van der Waals surface area contributed by atoms with Gasteiger partial charge in [-0.25, -0.2) is 0 Å². The molecule has 0 unspecified atom stereocenters. The smallest absolute Gasteiger partial charge is 0.264 e. The van der Waals surface area contributed by atoms with E-state index in [9.17, 15) is 9.59 Å². The van der Waals surface area contributed by atoms with Crippen molar-refractivity contribution in [2.45, 2.75) is 0 Å². The first-order chi connectivity index (χ1) is 8.70. The molecule has 0 saturated heterocycles. The number of nitrogens with zero attached hydrogens (tertiary/aromatic N) is 2. The molecular weight excluding hydrogens is 230 g/mol. The van der Waals surface area contributed by atoms with Gasteiger partial charge in [-0.05, 0) is 24.3 Å². The molecule has 0 radical (unpaired) electrons. The summed E-state index contributed by atoms with van der Waals surface area (Å²) in [6.07, 6.45) is 2.93. The van der Waals surface area contributed by atoms with E-state index in [4.69, 9.17) is 5.26 Å². The van der Waals surface area contributed by atoms with E-state index in [-0.39, 0.29) is 11.8 Å². The number of hydrogen-bond acceptors (Lipinski definition) is 3. The number of carbonyl (C=O) groups is 2. The molecule has 0 aromatic heterocycles. The van der Waals surface area contributed by atoms with Crippen molar-refractivity contribution in [2.75, 3.05) is 4.90 Å². The zero-order chi connectivity index (χ0) is 12.7. The maximum absolute atomic E-state index is 12.0. The van der Waals surface area contributed by atoms with Crippen molar-refractivity contribution in [3.63, 3.8) is 0 Å². The van der Waals surface area contributed by atoms with Gasteiger partial charge in [0.15, 0.2) is 0 Å². The molecule has 1 aromatic rings. The lowest BCUT2D eigenvalue weighted by atomic mass is 10.2. The molecule has 1 aromatic carbocycles. The highest BCUT2D eigenvalue weighted by molar-refractivity contribution is 6.23. The summed E-state index contributed by atoms with van der Waals surface area (Å²) in [6, 6.07) is 8.61. The zero-order valence-corrected chi connectivity index (χ0v) is 9.18. The average Bonchev–Trinajstić information content (AvgIpc) is 2.92. The second kappa shape index (κ2) is 3.57. The number of nitriles is 1. The van der Waals surface area contributed by atoms with E-state index < -0.39 is 0 Å². The van der Waals surface area contributed by atoms with Crippen LogP contribution in [0, 0.1) is 11.3 Å². The number of benzene rings is 1. The van der Waals surface area contributed by atoms with Gasteiger partial charge in [0.1, 0.15) is 0 Å². The summed E-state index contributed by atoms with van der Waals surface area (Å²) in [7, 11) is 0. The lowest BCUT2D eigenvalue weighted by Gasteiger charge is -2.13. The van der Waals surface area contributed by atoms with Crippen LogP contribution < -0.4 is 10.2 Å². The molecule has 3 rings (SSSR count). The van der Waals surface area contributed by atoms with E-state index in [1.54, 1.807) is 24.3 Å². The van der Waals surface area contributed by atoms with E-state index >= 15 is 0 Å². The third kappa shape index (κ3) is 1.33. The minimum atomic E-state index is -0.269. The maximum Gasteiger partial charge on any atom is 0.264 e. The maximum atomic E-state index is 12.0. The lowest BCUT2D eigenvalue weighted by molar-refractivity contribution is -0.116. The predicted molar refractivity (Wildman–Crippen MR) is 63.0 cm³/mol. The monoisotopic (exact) mass is 237 g/mol. The Bertz CT molecular complexity index is 662. The molecule has 2 heterocycles. The van der Waals surface area contributed by atoms with Crippen molar-refractivity contribution in [2.24, 2.45) is 0 Å². The summed E-state index contributed by atoms with van der Waals surface area (Å²) < 4.78 is 0. The molecule has 0 aliphatic carbocycles. The second-order valence-electron chi connectivity index (χ2n) is 3.91. The van der Waals surface area contributed by atoms with Crippen LogP contribution in [0.25, 0.3) is 0 Å². The molecule has 5 heteroatoms. The van der Waals surface area contributed by atoms with Crippen molar-refractivity contribution in [1.29, 1.82) is 5.26 Å². The summed E-state index contributed by atoms with van der Waals surface area (Å²) in [5.41, 5.74) is 1.92. The van der Waals surface area contributed by atoms with Crippen LogP contribution in [-0.2, 0) is 9.59 Å². The van der Waals surface area contributed by atoms with E-state index in [2.05, 4.69) is 5.32 Å². The minimum absolute atomic E-state index is 0.243. The first-order valence-corrected chi connectivity index (χ1v) is 5.27. The first-order valence-electron chi connectivity index (χ1n) is 5.27. The Kier molecular flexibility index (Phi) is 2.04. The Morgan fingerprint density at radius 1 is 1.11 bits per heavy atom. The molecule has 0 spiro atoms. The van der Waals surface area contributed by atoms with E-state index in [0.29, 0.717) is 22.4 Å². The quantitative estimate of drug-likeness (QED) is 0.785. The minimum Gasteiger partial charge on any atom is -0.328 e. The fraction of sp³-hybridized carbons (Fsp3) is 0. The first kappa shape index (κ1) is 10.3. The average molecular weight is 237 g/mol. The Labute approximate surface area is 103 Å². The van der Waals surface area contributed by atoms with Gasteiger partial charge in [-0.2, -0.15) is 5.26 Å².